The molecule has 0 unspecified atom stereocenters. The second-order valence-electron chi connectivity index (χ2n) is 12.6. The van der Waals surface area contributed by atoms with Gasteiger partial charge in [0, 0.05) is 63.0 Å². The SMILES string of the molecule is C=C(CC(C)(C)C)N1CCCN(c2nccc(C(=N)/C=C(\C)[C@H]3CCCc4sc(N=CN(C)C)c(C#N)c43)n2)CC1. The summed E-state index contributed by atoms with van der Waals surface area (Å²) in [5.41, 5.74) is 5.26. The molecule has 0 aromatic carbocycles. The van der Waals surface area contributed by atoms with Crippen molar-refractivity contribution in [2.45, 2.75) is 65.7 Å². The molecule has 41 heavy (non-hydrogen) atoms. The number of nitrogens with zero attached hydrogens (tertiary/aromatic N) is 7. The van der Waals surface area contributed by atoms with Crippen molar-refractivity contribution in [3.8, 4) is 6.07 Å². The zero-order valence-corrected chi connectivity index (χ0v) is 26.3. The number of nitrogens with one attached hydrogen (secondary N) is 1. The number of aromatic nitrogens is 2. The first-order chi connectivity index (χ1) is 19.5. The second kappa shape index (κ2) is 13.0. The summed E-state index contributed by atoms with van der Waals surface area (Å²) >= 11 is 1.63. The van der Waals surface area contributed by atoms with E-state index < -0.39 is 0 Å². The third-order valence-corrected chi connectivity index (χ3v) is 8.74. The minimum atomic E-state index is 0.104. The second-order valence-corrected chi connectivity index (χ2v) is 13.6. The summed E-state index contributed by atoms with van der Waals surface area (Å²) < 4.78 is 0. The van der Waals surface area contributed by atoms with Crippen LogP contribution in [0.4, 0.5) is 10.9 Å². The Hall–Kier alpha value is -3.51. The predicted octanol–water partition coefficient (Wildman–Crippen LogP) is 6.53. The van der Waals surface area contributed by atoms with Crippen molar-refractivity contribution in [1.29, 1.82) is 10.7 Å². The van der Waals surface area contributed by atoms with Crippen molar-refractivity contribution in [3.63, 3.8) is 0 Å². The van der Waals surface area contributed by atoms with E-state index in [-0.39, 0.29) is 11.3 Å². The molecule has 1 atom stereocenters. The summed E-state index contributed by atoms with van der Waals surface area (Å²) in [5, 5.41) is 19.7. The van der Waals surface area contributed by atoms with E-state index in [0.717, 1.165) is 74.4 Å². The van der Waals surface area contributed by atoms with E-state index in [9.17, 15) is 5.26 Å². The van der Waals surface area contributed by atoms with Crippen LogP contribution in [0.3, 0.4) is 0 Å². The molecule has 1 aliphatic carbocycles. The number of allylic oxidation sites excluding steroid dienone is 3. The minimum absolute atomic E-state index is 0.104. The number of hydrogen-bond donors (Lipinski definition) is 1. The fourth-order valence-electron chi connectivity index (χ4n) is 5.68. The van der Waals surface area contributed by atoms with Gasteiger partial charge in [0.1, 0.15) is 11.1 Å². The van der Waals surface area contributed by atoms with Crippen LogP contribution in [0.25, 0.3) is 0 Å². The van der Waals surface area contributed by atoms with Gasteiger partial charge >= 0.3 is 0 Å². The molecule has 2 aliphatic rings. The maximum absolute atomic E-state index is 10.0. The molecule has 4 rings (SSSR count). The van der Waals surface area contributed by atoms with Crippen LogP contribution in [0.5, 0.6) is 0 Å². The van der Waals surface area contributed by atoms with E-state index in [1.54, 1.807) is 23.9 Å². The molecule has 1 fully saturated rings. The molecule has 0 amide bonds. The quantitative estimate of drug-likeness (QED) is 0.286. The Morgan fingerprint density at radius 1 is 1.27 bits per heavy atom. The summed E-state index contributed by atoms with van der Waals surface area (Å²) in [4.78, 5) is 21.7. The van der Waals surface area contributed by atoms with Gasteiger partial charge in [0.05, 0.1) is 23.3 Å². The zero-order chi connectivity index (χ0) is 29.7. The van der Waals surface area contributed by atoms with Gasteiger partial charge in [0.2, 0.25) is 5.95 Å². The van der Waals surface area contributed by atoms with Crippen molar-refractivity contribution in [2.24, 2.45) is 10.4 Å². The van der Waals surface area contributed by atoms with Gasteiger partial charge in [0.15, 0.2) is 0 Å². The average Bonchev–Trinajstić information content (AvgIpc) is 3.09. The molecule has 1 N–H and O–H groups in total. The molecule has 8 nitrogen and oxygen atoms in total. The van der Waals surface area contributed by atoms with Gasteiger partial charge < -0.3 is 14.7 Å². The van der Waals surface area contributed by atoms with E-state index in [2.05, 4.69) is 60.1 Å². The van der Waals surface area contributed by atoms with E-state index in [1.807, 2.05) is 31.1 Å². The fourth-order valence-corrected chi connectivity index (χ4v) is 6.87. The molecule has 9 heteroatoms. The third kappa shape index (κ3) is 7.62. The lowest BCUT2D eigenvalue weighted by atomic mass is 9.80. The normalized spacial score (nSPS) is 18.2. The van der Waals surface area contributed by atoms with Crippen LogP contribution < -0.4 is 4.90 Å². The van der Waals surface area contributed by atoms with Gasteiger partial charge in [-0.1, -0.05) is 32.9 Å². The number of aliphatic imine (C=N–C) groups is 1. The topological polar surface area (TPSA) is 95.5 Å². The highest BCUT2D eigenvalue weighted by atomic mass is 32.1. The van der Waals surface area contributed by atoms with E-state index >= 15 is 0 Å². The molecular weight excluding hydrogens is 528 g/mol. The summed E-state index contributed by atoms with van der Waals surface area (Å²) in [6.07, 6.45) is 10.4. The number of nitriles is 1. The van der Waals surface area contributed by atoms with E-state index in [1.165, 1.54) is 10.6 Å². The lowest BCUT2D eigenvalue weighted by Gasteiger charge is -2.30. The minimum Gasteiger partial charge on any atom is -0.373 e. The summed E-state index contributed by atoms with van der Waals surface area (Å²) in [6.45, 7) is 16.8. The molecule has 2 aromatic heterocycles. The van der Waals surface area contributed by atoms with Gasteiger partial charge in [-0.25, -0.2) is 15.0 Å². The van der Waals surface area contributed by atoms with Crippen LogP contribution in [-0.2, 0) is 6.42 Å². The molecule has 1 aliphatic heterocycles. The lowest BCUT2D eigenvalue weighted by Crippen LogP contribution is -2.32. The Morgan fingerprint density at radius 2 is 2.05 bits per heavy atom. The van der Waals surface area contributed by atoms with Crippen molar-refractivity contribution in [3.05, 3.63) is 57.9 Å². The fraction of sp³-hybridized carbons (Fsp3) is 0.531. The van der Waals surface area contributed by atoms with Crippen LogP contribution in [-0.4, -0.2) is 72.1 Å². The smallest absolute Gasteiger partial charge is 0.225 e. The molecule has 218 valence electrons. The monoisotopic (exact) mass is 572 g/mol. The van der Waals surface area contributed by atoms with Crippen LogP contribution in [0.2, 0.25) is 0 Å². The van der Waals surface area contributed by atoms with Gasteiger partial charge in [-0.3, -0.25) is 5.41 Å². The highest BCUT2D eigenvalue weighted by molar-refractivity contribution is 7.16. The molecule has 0 radical (unpaired) electrons. The Labute approximate surface area is 249 Å². The number of fused-ring (bicyclic) bond motifs is 1. The van der Waals surface area contributed by atoms with Gasteiger partial charge in [-0.2, -0.15) is 5.26 Å². The Morgan fingerprint density at radius 3 is 2.76 bits per heavy atom. The number of anilines is 1. The molecule has 2 aromatic rings. The molecule has 1 saturated heterocycles. The van der Waals surface area contributed by atoms with Crippen molar-refractivity contribution in [1.82, 2.24) is 19.8 Å². The van der Waals surface area contributed by atoms with Crippen molar-refractivity contribution < 1.29 is 0 Å². The first-order valence-electron chi connectivity index (χ1n) is 14.5. The van der Waals surface area contributed by atoms with Gasteiger partial charge in [0.25, 0.3) is 0 Å². The van der Waals surface area contributed by atoms with Crippen molar-refractivity contribution >= 4 is 34.3 Å². The number of thiophene rings is 1. The largest absolute Gasteiger partial charge is 0.373 e. The number of rotatable bonds is 8. The summed E-state index contributed by atoms with van der Waals surface area (Å²) in [6, 6.07) is 4.25. The Bertz CT molecular complexity index is 1370. The third-order valence-electron chi connectivity index (χ3n) is 7.57. The molecule has 0 saturated carbocycles. The highest BCUT2D eigenvalue weighted by Gasteiger charge is 2.29. The standard InChI is InChI=1S/C32H44N8S/c1-22(24-10-8-11-28-29(24)25(20-33)30(41-28)36-21-38(6)7)18-26(34)27-12-13-35-31(37-27)40-15-9-14-39(16-17-40)23(2)19-32(3,4)5/h12-13,18,21,24,34H,2,8-11,14-17,19H2,1,3-7H3/b22-18+,34-26?,36-21?/t24-/m1/s1. The van der Waals surface area contributed by atoms with Crippen molar-refractivity contribution in [2.75, 3.05) is 45.2 Å². The first kappa shape index (κ1) is 30.4. The summed E-state index contributed by atoms with van der Waals surface area (Å²) in [7, 11) is 3.85. The molecule has 3 heterocycles. The van der Waals surface area contributed by atoms with E-state index in [0.29, 0.717) is 22.9 Å². The molecule has 0 spiro atoms. The van der Waals surface area contributed by atoms with Crippen LogP contribution >= 0.6 is 11.3 Å². The lowest BCUT2D eigenvalue weighted by molar-refractivity contribution is 0.303. The van der Waals surface area contributed by atoms with Crippen LogP contribution in [0.1, 0.15) is 81.0 Å². The Kier molecular flexibility index (Phi) is 9.64. The summed E-state index contributed by atoms with van der Waals surface area (Å²) in [5.74, 6) is 0.780. The molecular formula is C32H44N8S. The van der Waals surface area contributed by atoms with E-state index in [4.69, 9.17) is 10.4 Å². The van der Waals surface area contributed by atoms with Crippen LogP contribution in [0.15, 0.2) is 41.2 Å². The maximum Gasteiger partial charge on any atom is 0.225 e. The number of hydrogen-bond acceptors (Lipinski definition) is 8. The zero-order valence-electron chi connectivity index (χ0n) is 25.5. The highest BCUT2D eigenvalue weighted by Crippen LogP contribution is 2.46. The number of aryl methyl sites for hydroxylation is 1. The maximum atomic E-state index is 10.0. The van der Waals surface area contributed by atoms with Gasteiger partial charge in [-0.15, -0.1) is 11.3 Å². The van der Waals surface area contributed by atoms with Gasteiger partial charge in [-0.05, 0) is 62.1 Å². The van der Waals surface area contributed by atoms with Crippen LogP contribution in [0, 0.1) is 22.2 Å². The Balaban J connectivity index is 1.50. The molecule has 0 bridgehead atoms. The first-order valence-corrected chi connectivity index (χ1v) is 15.3. The predicted molar refractivity (Wildman–Crippen MR) is 171 cm³/mol. The average molecular weight is 573 g/mol.